The first kappa shape index (κ1) is 14.5. The van der Waals surface area contributed by atoms with Crippen LogP contribution in [0.15, 0.2) is 29.3 Å². The number of benzene rings is 1. The van der Waals surface area contributed by atoms with E-state index in [1.54, 1.807) is 7.11 Å². The summed E-state index contributed by atoms with van der Waals surface area (Å²) in [5.74, 6) is 0.732. The van der Waals surface area contributed by atoms with Crippen molar-refractivity contribution < 1.29 is 14.3 Å². The summed E-state index contributed by atoms with van der Waals surface area (Å²) in [5.41, 5.74) is 1.77. The smallest absolute Gasteiger partial charge is 0.250 e. The zero-order valence-corrected chi connectivity index (χ0v) is 11.5. The van der Waals surface area contributed by atoms with E-state index in [0.29, 0.717) is 13.2 Å². The first-order chi connectivity index (χ1) is 9.79. The van der Waals surface area contributed by atoms with Crippen LogP contribution in [-0.2, 0) is 14.3 Å². The molecule has 1 amide bonds. The highest BCUT2D eigenvalue weighted by Crippen LogP contribution is 2.10. The first-order valence-corrected chi connectivity index (χ1v) is 6.55. The molecule has 0 aromatic heterocycles. The van der Waals surface area contributed by atoms with Crippen LogP contribution in [-0.4, -0.2) is 51.8 Å². The summed E-state index contributed by atoms with van der Waals surface area (Å²) in [7, 11) is 1.59. The van der Waals surface area contributed by atoms with Crippen molar-refractivity contribution in [2.75, 3.05) is 45.3 Å². The number of hydrogen-bond donors (Lipinski definition) is 2. The molecular weight excluding hydrogens is 258 g/mol. The lowest BCUT2D eigenvalue weighted by Crippen LogP contribution is -2.20. The second-order valence-corrected chi connectivity index (χ2v) is 4.33. The molecule has 1 aliphatic rings. The van der Waals surface area contributed by atoms with Crippen molar-refractivity contribution in [3.8, 4) is 0 Å². The van der Waals surface area contributed by atoms with Gasteiger partial charge in [0.1, 0.15) is 12.4 Å². The Morgan fingerprint density at radius 2 is 2.15 bits per heavy atom. The van der Waals surface area contributed by atoms with Gasteiger partial charge in [-0.25, -0.2) is 0 Å². The predicted molar refractivity (Wildman–Crippen MR) is 77.2 cm³/mol. The van der Waals surface area contributed by atoms with Crippen LogP contribution in [0, 0.1) is 0 Å². The number of anilines is 1. The summed E-state index contributed by atoms with van der Waals surface area (Å²) < 4.78 is 9.98. The monoisotopic (exact) mass is 277 g/mol. The van der Waals surface area contributed by atoms with E-state index >= 15 is 0 Å². The summed E-state index contributed by atoms with van der Waals surface area (Å²) >= 11 is 0. The van der Waals surface area contributed by atoms with Crippen molar-refractivity contribution in [1.82, 2.24) is 5.32 Å². The van der Waals surface area contributed by atoms with Gasteiger partial charge in [0.25, 0.3) is 0 Å². The summed E-state index contributed by atoms with van der Waals surface area (Å²) in [6.07, 6.45) is 0. The highest BCUT2D eigenvalue weighted by Gasteiger charge is 2.08. The maximum Gasteiger partial charge on any atom is 0.250 e. The highest BCUT2D eigenvalue weighted by atomic mass is 16.5. The van der Waals surface area contributed by atoms with Crippen molar-refractivity contribution in [2.24, 2.45) is 4.99 Å². The quantitative estimate of drug-likeness (QED) is 0.717. The molecule has 0 fully saturated rings. The Kier molecular flexibility index (Phi) is 5.52. The topological polar surface area (TPSA) is 72.0 Å². The average molecular weight is 277 g/mol. The van der Waals surface area contributed by atoms with Gasteiger partial charge in [0.05, 0.1) is 19.8 Å². The van der Waals surface area contributed by atoms with E-state index in [0.717, 1.165) is 30.2 Å². The van der Waals surface area contributed by atoms with Gasteiger partial charge in [-0.3, -0.25) is 9.79 Å². The SMILES string of the molecule is COCCOCC(=O)Nc1ccc(C2=NCCN2)cc1. The fourth-order valence-corrected chi connectivity index (χ4v) is 1.81. The molecule has 1 aromatic carbocycles. The van der Waals surface area contributed by atoms with E-state index < -0.39 is 0 Å². The molecule has 0 aliphatic carbocycles. The number of aliphatic imine (C=N–C) groups is 1. The Labute approximate surface area is 118 Å². The minimum Gasteiger partial charge on any atom is -0.382 e. The molecule has 2 N–H and O–H groups in total. The van der Waals surface area contributed by atoms with Crippen LogP contribution in [0.25, 0.3) is 0 Å². The van der Waals surface area contributed by atoms with E-state index in [-0.39, 0.29) is 12.5 Å². The molecule has 108 valence electrons. The molecule has 1 aromatic rings. The number of ether oxygens (including phenoxy) is 2. The van der Waals surface area contributed by atoms with E-state index in [2.05, 4.69) is 15.6 Å². The number of nitrogens with one attached hydrogen (secondary N) is 2. The minimum atomic E-state index is -0.176. The van der Waals surface area contributed by atoms with Gasteiger partial charge in [-0.05, 0) is 24.3 Å². The number of methoxy groups -OCH3 is 1. The van der Waals surface area contributed by atoms with Gasteiger partial charge in [-0.15, -0.1) is 0 Å². The van der Waals surface area contributed by atoms with Gasteiger partial charge < -0.3 is 20.1 Å². The second-order valence-electron chi connectivity index (χ2n) is 4.33. The first-order valence-electron chi connectivity index (χ1n) is 6.55. The van der Waals surface area contributed by atoms with Crippen LogP contribution in [0.1, 0.15) is 5.56 Å². The minimum absolute atomic E-state index is 0.0272. The Bertz CT molecular complexity index is 471. The molecule has 2 rings (SSSR count). The van der Waals surface area contributed by atoms with Crippen molar-refractivity contribution in [3.63, 3.8) is 0 Å². The summed E-state index contributed by atoms with van der Waals surface area (Å²) in [6, 6.07) is 7.56. The number of carbonyl (C=O) groups is 1. The number of amidine groups is 1. The van der Waals surface area contributed by atoms with Gasteiger partial charge >= 0.3 is 0 Å². The van der Waals surface area contributed by atoms with Crippen LogP contribution in [0.3, 0.4) is 0 Å². The van der Waals surface area contributed by atoms with E-state index in [9.17, 15) is 4.79 Å². The van der Waals surface area contributed by atoms with Crippen LogP contribution in [0.2, 0.25) is 0 Å². The number of carbonyl (C=O) groups excluding carboxylic acids is 1. The molecule has 20 heavy (non-hydrogen) atoms. The molecule has 1 heterocycles. The number of rotatable bonds is 7. The Morgan fingerprint density at radius 3 is 2.80 bits per heavy atom. The standard InChI is InChI=1S/C14H19N3O3/c1-19-8-9-20-10-13(18)17-12-4-2-11(3-5-12)14-15-6-7-16-14/h2-5H,6-10H2,1H3,(H,15,16)(H,17,18). The fraction of sp³-hybridized carbons (Fsp3) is 0.429. The summed E-state index contributed by atoms with van der Waals surface area (Å²) in [4.78, 5) is 15.9. The molecule has 0 spiro atoms. The molecule has 0 radical (unpaired) electrons. The maximum atomic E-state index is 11.6. The third-order valence-corrected chi connectivity index (χ3v) is 2.78. The molecule has 6 nitrogen and oxygen atoms in total. The number of hydrogen-bond acceptors (Lipinski definition) is 5. The van der Waals surface area contributed by atoms with Gasteiger partial charge in [0, 0.05) is 24.9 Å². The van der Waals surface area contributed by atoms with E-state index in [1.165, 1.54) is 0 Å². The molecule has 0 unspecified atom stereocenters. The Morgan fingerprint density at radius 1 is 1.35 bits per heavy atom. The van der Waals surface area contributed by atoms with Crippen LogP contribution in [0.4, 0.5) is 5.69 Å². The predicted octanol–water partition coefficient (Wildman–Crippen LogP) is 0.638. The number of nitrogens with zero attached hydrogens (tertiary/aromatic N) is 1. The third-order valence-electron chi connectivity index (χ3n) is 2.78. The zero-order chi connectivity index (χ0) is 14.2. The van der Waals surface area contributed by atoms with E-state index in [4.69, 9.17) is 9.47 Å². The lowest BCUT2D eigenvalue weighted by atomic mass is 10.2. The van der Waals surface area contributed by atoms with Crippen LogP contribution >= 0.6 is 0 Å². The maximum absolute atomic E-state index is 11.6. The molecule has 0 bridgehead atoms. The van der Waals surface area contributed by atoms with Crippen molar-refractivity contribution in [1.29, 1.82) is 0 Å². The molecule has 6 heteroatoms. The van der Waals surface area contributed by atoms with Gasteiger partial charge in [0.2, 0.25) is 5.91 Å². The molecule has 1 aliphatic heterocycles. The van der Waals surface area contributed by atoms with Gasteiger partial charge in [0.15, 0.2) is 0 Å². The fourth-order valence-electron chi connectivity index (χ4n) is 1.81. The van der Waals surface area contributed by atoms with Gasteiger partial charge in [-0.1, -0.05) is 0 Å². The molecular formula is C14H19N3O3. The Balaban J connectivity index is 1.79. The van der Waals surface area contributed by atoms with Crippen molar-refractivity contribution >= 4 is 17.4 Å². The summed E-state index contributed by atoms with van der Waals surface area (Å²) in [6.45, 7) is 2.62. The van der Waals surface area contributed by atoms with Crippen molar-refractivity contribution in [2.45, 2.75) is 0 Å². The van der Waals surface area contributed by atoms with Crippen LogP contribution in [0.5, 0.6) is 0 Å². The highest BCUT2D eigenvalue weighted by molar-refractivity contribution is 6.00. The molecule has 0 saturated heterocycles. The average Bonchev–Trinajstić information content (AvgIpc) is 2.99. The molecule has 0 atom stereocenters. The lowest BCUT2D eigenvalue weighted by Gasteiger charge is -2.07. The lowest BCUT2D eigenvalue weighted by molar-refractivity contribution is -0.121. The third kappa shape index (κ3) is 4.32. The van der Waals surface area contributed by atoms with E-state index in [1.807, 2.05) is 24.3 Å². The normalized spacial score (nSPS) is 13.8. The summed E-state index contributed by atoms with van der Waals surface area (Å²) in [5, 5.41) is 5.98. The van der Waals surface area contributed by atoms with Gasteiger partial charge in [-0.2, -0.15) is 0 Å². The van der Waals surface area contributed by atoms with Crippen LogP contribution < -0.4 is 10.6 Å². The van der Waals surface area contributed by atoms with Crippen molar-refractivity contribution in [3.05, 3.63) is 29.8 Å². The second kappa shape index (κ2) is 7.62. The largest absolute Gasteiger partial charge is 0.382 e. The number of amides is 1. The zero-order valence-electron chi connectivity index (χ0n) is 11.5. The molecule has 0 saturated carbocycles. The Hall–Kier alpha value is -1.92.